The predicted octanol–water partition coefficient (Wildman–Crippen LogP) is 4.60. The molecule has 0 bridgehead atoms. The number of aromatic nitrogens is 1. The zero-order valence-corrected chi connectivity index (χ0v) is 19.9. The van der Waals surface area contributed by atoms with Gasteiger partial charge >= 0.3 is 0 Å². The van der Waals surface area contributed by atoms with Crippen LogP contribution < -0.4 is 10.5 Å². The first-order valence-corrected chi connectivity index (χ1v) is 12.2. The van der Waals surface area contributed by atoms with Gasteiger partial charge in [0.2, 0.25) is 0 Å². The molecule has 1 aliphatic carbocycles. The van der Waals surface area contributed by atoms with Gasteiger partial charge in [0.25, 0.3) is 11.5 Å². The number of piperidine rings is 1. The quantitative estimate of drug-likeness (QED) is 0.592. The van der Waals surface area contributed by atoms with Crippen molar-refractivity contribution in [2.24, 2.45) is 0 Å². The molecular formula is C28H33N3O2. The Morgan fingerprint density at radius 1 is 1.03 bits per heavy atom. The molecule has 5 rings (SSSR count). The molecule has 33 heavy (non-hydrogen) atoms. The van der Waals surface area contributed by atoms with Gasteiger partial charge in [0.15, 0.2) is 0 Å². The van der Waals surface area contributed by atoms with Gasteiger partial charge in [-0.15, -0.1) is 0 Å². The second kappa shape index (κ2) is 8.79. The summed E-state index contributed by atoms with van der Waals surface area (Å²) in [4.78, 5) is 30.5. The molecule has 2 aromatic carbocycles. The van der Waals surface area contributed by atoms with Crippen LogP contribution in [0.1, 0.15) is 59.2 Å². The van der Waals surface area contributed by atoms with Gasteiger partial charge in [-0.1, -0.05) is 6.07 Å². The van der Waals surface area contributed by atoms with Crippen molar-refractivity contribution in [1.82, 2.24) is 9.47 Å². The van der Waals surface area contributed by atoms with Crippen LogP contribution >= 0.6 is 0 Å². The summed E-state index contributed by atoms with van der Waals surface area (Å²) in [5.41, 5.74) is 6.45. The van der Waals surface area contributed by atoms with E-state index in [9.17, 15) is 9.59 Å². The smallest absolute Gasteiger partial charge is 0.258 e. The highest BCUT2D eigenvalue weighted by Gasteiger charge is 2.23. The van der Waals surface area contributed by atoms with Crippen LogP contribution in [0.5, 0.6) is 0 Å². The molecule has 0 saturated carbocycles. The molecule has 1 aromatic heterocycles. The van der Waals surface area contributed by atoms with Crippen molar-refractivity contribution in [2.75, 3.05) is 32.1 Å². The Kier molecular flexibility index (Phi) is 5.83. The van der Waals surface area contributed by atoms with Crippen LogP contribution in [-0.4, -0.2) is 42.6 Å². The Hall–Kier alpha value is -2.92. The third-order valence-electron chi connectivity index (χ3n) is 7.64. The maximum absolute atomic E-state index is 13.5. The molecule has 2 heterocycles. The number of fused-ring (bicyclic) bond motifs is 2. The lowest BCUT2D eigenvalue weighted by Crippen LogP contribution is -2.30. The van der Waals surface area contributed by atoms with Crippen molar-refractivity contribution in [1.29, 1.82) is 0 Å². The predicted molar refractivity (Wildman–Crippen MR) is 135 cm³/mol. The summed E-state index contributed by atoms with van der Waals surface area (Å²) in [7, 11) is 4.00. The number of aryl methyl sites for hydroxylation is 3. The van der Waals surface area contributed by atoms with Crippen molar-refractivity contribution in [3.8, 4) is 0 Å². The minimum atomic E-state index is -0.0153. The highest BCUT2D eigenvalue weighted by Crippen LogP contribution is 2.33. The van der Waals surface area contributed by atoms with E-state index < -0.39 is 0 Å². The molecule has 3 aromatic rings. The summed E-state index contributed by atoms with van der Waals surface area (Å²) in [6.07, 6.45) is 5.50. The molecule has 1 aliphatic heterocycles. The zero-order chi connectivity index (χ0) is 23.1. The molecule has 1 fully saturated rings. The monoisotopic (exact) mass is 443 g/mol. The number of likely N-dealkylation sites (tertiary alicyclic amines) is 1. The highest BCUT2D eigenvalue weighted by atomic mass is 16.2. The van der Waals surface area contributed by atoms with E-state index >= 15 is 0 Å². The number of carbonyl (C=O) groups excluding carboxylic acids is 1. The van der Waals surface area contributed by atoms with Gasteiger partial charge in [0.05, 0.1) is 5.52 Å². The SMILES string of the molecule is CCn1c(=O)cc(C2CCN(C)CC2)c2cc(C(=O)N(C)c3ccc4c(c3)CCC4)ccc21. The van der Waals surface area contributed by atoms with Gasteiger partial charge in [0, 0.05) is 36.3 Å². The van der Waals surface area contributed by atoms with Crippen LogP contribution in [0.2, 0.25) is 0 Å². The fraction of sp³-hybridized carbons (Fsp3) is 0.429. The number of pyridine rings is 1. The first kappa shape index (κ1) is 21.9. The number of hydrogen-bond donors (Lipinski definition) is 0. The molecule has 172 valence electrons. The van der Waals surface area contributed by atoms with Gasteiger partial charge in [-0.25, -0.2) is 0 Å². The van der Waals surface area contributed by atoms with Crippen LogP contribution in [0.15, 0.2) is 47.3 Å². The van der Waals surface area contributed by atoms with Crippen LogP contribution in [0, 0.1) is 0 Å². The Morgan fingerprint density at radius 3 is 2.55 bits per heavy atom. The van der Waals surface area contributed by atoms with Gasteiger partial charge < -0.3 is 14.4 Å². The number of anilines is 1. The van der Waals surface area contributed by atoms with Crippen molar-refractivity contribution >= 4 is 22.5 Å². The van der Waals surface area contributed by atoms with Gasteiger partial charge in [-0.3, -0.25) is 9.59 Å². The summed E-state index contributed by atoms with van der Waals surface area (Å²) in [5.74, 6) is 0.334. The van der Waals surface area contributed by atoms with E-state index in [2.05, 4.69) is 30.1 Å². The van der Waals surface area contributed by atoms with Crippen LogP contribution in [0.4, 0.5) is 5.69 Å². The Morgan fingerprint density at radius 2 is 1.79 bits per heavy atom. The van der Waals surface area contributed by atoms with E-state index in [1.54, 1.807) is 4.90 Å². The van der Waals surface area contributed by atoms with Crippen molar-refractivity contribution in [3.63, 3.8) is 0 Å². The Labute approximate surface area is 195 Å². The maximum atomic E-state index is 13.5. The molecule has 5 heteroatoms. The molecule has 1 amide bonds. The van der Waals surface area contributed by atoms with E-state index in [0.29, 0.717) is 18.0 Å². The average molecular weight is 444 g/mol. The third kappa shape index (κ3) is 3.99. The van der Waals surface area contributed by atoms with E-state index in [0.717, 1.165) is 60.9 Å². The fourth-order valence-electron chi connectivity index (χ4n) is 5.60. The summed E-state index contributed by atoms with van der Waals surface area (Å²) in [6.45, 7) is 4.67. The number of hydrogen-bond acceptors (Lipinski definition) is 3. The second-order valence-corrected chi connectivity index (χ2v) is 9.66. The Bertz CT molecular complexity index is 1270. The molecule has 1 saturated heterocycles. The van der Waals surface area contributed by atoms with Crippen molar-refractivity contribution in [2.45, 2.75) is 51.5 Å². The summed E-state index contributed by atoms with van der Waals surface area (Å²) < 4.78 is 1.81. The normalized spacial score (nSPS) is 16.8. The van der Waals surface area contributed by atoms with Crippen molar-refractivity contribution < 1.29 is 4.79 Å². The number of rotatable bonds is 4. The van der Waals surface area contributed by atoms with Gasteiger partial charge in [-0.2, -0.15) is 0 Å². The highest BCUT2D eigenvalue weighted by molar-refractivity contribution is 6.07. The zero-order valence-electron chi connectivity index (χ0n) is 19.9. The van der Waals surface area contributed by atoms with E-state index in [1.165, 1.54) is 17.5 Å². The van der Waals surface area contributed by atoms with Gasteiger partial charge in [-0.05, 0) is 112 Å². The molecule has 0 radical (unpaired) electrons. The molecule has 5 nitrogen and oxygen atoms in total. The standard InChI is InChI=1S/C28H33N3O2/c1-4-31-26-11-9-22(28(33)30(3)23-10-8-19-6-5-7-21(19)16-23)17-25(26)24(18-27(31)32)20-12-14-29(2)15-13-20/h8-11,16-18,20H,4-7,12-15H2,1-3H3. The van der Waals surface area contributed by atoms with E-state index in [4.69, 9.17) is 0 Å². The van der Waals surface area contributed by atoms with E-state index in [1.807, 2.05) is 42.8 Å². The molecule has 0 N–H and O–H groups in total. The van der Waals surface area contributed by atoms with Crippen LogP contribution in [0.3, 0.4) is 0 Å². The summed E-state index contributed by atoms with van der Waals surface area (Å²) in [5, 5.41) is 1.04. The lowest BCUT2D eigenvalue weighted by atomic mass is 9.87. The van der Waals surface area contributed by atoms with Gasteiger partial charge in [0.1, 0.15) is 0 Å². The van der Waals surface area contributed by atoms with Crippen molar-refractivity contribution in [3.05, 3.63) is 75.1 Å². The first-order valence-electron chi connectivity index (χ1n) is 12.2. The molecule has 0 atom stereocenters. The molecular weight excluding hydrogens is 410 g/mol. The lowest BCUT2D eigenvalue weighted by Gasteiger charge is -2.30. The first-order chi connectivity index (χ1) is 16.0. The summed E-state index contributed by atoms with van der Waals surface area (Å²) in [6, 6.07) is 14.1. The minimum Gasteiger partial charge on any atom is -0.311 e. The number of benzene rings is 2. The van der Waals surface area contributed by atoms with Crippen LogP contribution in [0.25, 0.3) is 10.9 Å². The number of amides is 1. The second-order valence-electron chi connectivity index (χ2n) is 9.66. The molecule has 0 spiro atoms. The van der Waals surface area contributed by atoms with E-state index in [-0.39, 0.29) is 11.5 Å². The fourth-order valence-corrected chi connectivity index (χ4v) is 5.60. The minimum absolute atomic E-state index is 0.0153. The molecule has 0 unspecified atom stereocenters. The topological polar surface area (TPSA) is 45.6 Å². The Balaban J connectivity index is 1.55. The maximum Gasteiger partial charge on any atom is 0.258 e. The van der Waals surface area contributed by atoms with Crippen LogP contribution in [-0.2, 0) is 19.4 Å². The lowest BCUT2D eigenvalue weighted by molar-refractivity contribution is 0.0993. The largest absolute Gasteiger partial charge is 0.311 e. The summed E-state index contributed by atoms with van der Waals surface area (Å²) >= 11 is 0. The molecule has 2 aliphatic rings. The number of nitrogens with zero attached hydrogens (tertiary/aromatic N) is 3. The average Bonchev–Trinajstić information content (AvgIpc) is 3.31. The number of carbonyl (C=O) groups is 1. The third-order valence-corrected chi connectivity index (χ3v) is 7.64.